The van der Waals surface area contributed by atoms with E-state index < -0.39 is 35.3 Å². The van der Waals surface area contributed by atoms with Gasteiger partial charge in [-0.1, -0.05) is 0 Å². The van der Waals surface area contributed by atoms with Crippen LogP contribution < -0.4 is 9.47 Å². The maximum atomic E-state index is 12.0. The molecule has 0 unspecified atom stereocenters. The first-order valence-corrected chi connectivity index (χ1v) is 4.61. The van der Waals surface area contributed by atoms with Crippen molar-refractivity contribution in [1.29, 1.82) is 0 Å². The van der Waals surface area contributed by atoms with Gasteiger partial charge in [0.05, 0.1) is 5.56 Å². The van der Waals surface area contributed by atoms with Gasteiger partial charge in [-0.25, -0.2) is 0 Å². The summed E-state index contributed by atoms with van der Waals surface area (Å²) in [6, 6.07) is 2.07. The Balaban J connectivity index is 3.09. The summed E-state index contributed by atoms with van der Waals surface area (Å²) >= 11 is 5.02. The Morgan fingerprint density at radius 1 is 1.28 bits per heavy atom. The number of carbonyl (C=O) groups is 1. The molecule has 0 spiro atoms. The first kappa shape index (κ1) is 14.5. The van der Waals surface area contributed by atoms with Crippen molar-refractivity contribution in [3.63, 3.8) is 0 Å². The molecule has 0 atom stereocenters. The Morgan fingerprint density at radius 3 is 2.33 bits per heavy atom. The van der Waals surface area contributed by atoms with Crippen LogP contribution in [0.1, 0.15) is 10.4 Å². The number of carbonyl (C=O) groups excluding carboxylic acids is 1. The summed E-state index contributed by atoms with van der Waals surface area (Å²) in [6.45, 7) is -3.18. The summed E-state index contributed by atoms with van der Waals surface area (Å²) in [4.78, 5) is 10.9. The highest BCUT2D eigenvalue weighted by molar-refractivity contribution is 6.68. The van der Waals surface area contributed by atoms with Gasteiger partial charge in [0.1, 0.15) is 11.5 Å². The maximum absolute atomic E-state index is 12.0. The molecule has 0 aliphatic carbocycles. The SMILES string of the molecule is O=C(Cl)c1cc(OC(F)F)ccc1OC(F)(F)F. The van der Waals surface area contributed by atoms with Gasteiger partial charge >= 0.3 is 13.0 Å². The highest BCUT2D eigenvalue weighted by Crippen LogP contribution is 2.31. The van der Waals surface area contributed by atoms with Crippen LogP contribution in [0, 0.1) is 0 Å². The molecule has 0 aromatic heterocycles. The zero-order valence-electron chi connectivity index (χ0n) is 8.30. The van der Waals surface area contributed by atoms with Crippen LogP contribution in [0.4, 0.5) is 22.0 Å². The van der Waals surface area contributed by atoms with E-state index in [1.54, 1.807) is 0 Å². The van der Waals surface area contributed by atoms with Crippen molar-refractivity contribution in [2.75, 3.05) is 0 Å². The number of hydrogen-bond acceptors (Lipinski definition) is 3. The smallest absolute Gasteiger partial charge is 0.435 e. The second-order valence-corrected chi connectivity index (χ2v) is 3.20. The second kappa shape index (κ2) is 5.38. The quantitative estimate of drug-likeness (QED) is 0.628. The zero-order valence-corrected chi connectivity index (χ0v) is 9.06. The normalized spacial score (nSPS) is 11.5. The van der Waals surface area contributed by atoms with Crippen LogP contribution in [0.3, 0.4) is 0 Å². The van der Waals surface area contributed by atoms with Crippen molar-refractivity contribution in [3.05, 3.63) is 23.8 Å². The topological polar surface area (TPSA) is 35.5 Å². The van der Waals surface area contributed by atoms with Crippen molar-refractivity contribution >= 4 is 16.8 Å². The van der Waals surface area contributed by atoms with Gasteiger partial charge in [0.25, 0.3) is 5.24 Å². The summed E-state index contributed by atoms with van der Waals surface area (Å²) < 4.78 is 67.1. The molecule has 0 amide bonds. The fraction of sp³-hybridized carbons (Fsp3) is 0.222. The lowest BCUT2D eigenvalue weighted by atomic mass is 10.2. The van der Waals surface area contributed by atoms with Crippen LogP contribution >= 0.6 is 11.6 Å². The maximum Gasteiger partial charge on any atom is 0.573 e. The number of benzene rings is 1. The van der Waals surface area contributed by atoms with Gasteiger partial charge in [-0.3, -0.25) is 4.79 Å². The minimum absolute atomic E-state index is 0.511. The largest absolute Gasteiger partial charge is 0.573 e. The third kappa shape index (κ3) is 4.36. The molecule has 0 fully saturated rings. The van der Waals surface area contributed by atoms with E-state index in [1.807, 2.05) is 0 Å². The molecule has 0 saturated heterocycles. The van der Waals surface area contributed by atoms with Gasteiger partial charge in [0.2, 0.25) is 0 Å². The molecule has 0 radical (unpaired) electrons. The highest BCUT2D eigenvalue weighted by atomic mass is 35.5. The van der Waals surface area contributed by atoms with E-state index >= 15 is 0 Å². The van der Waals surface area contributed by atoms with E-state index in [0.29, 0.717) is 12.1 Å². The molecule has 0 aliphatic rings. The van der Waals surface area contributed by atoms with Crippen LogP contribution in [-0.4, -0.2) is 18.2 Å². The van der Waals surface area contributed by atoms with Crippen molar-refractivity contribution in [3.8, 4) is 11.5 Å². The molecule has 0 saturated carbocycles. The number of rotatable bonds is 4. The zero-order chi connectivity index (χ0) is 13.9. The fourth-order valence-corrected chi connectivity index (χ4v) is 1.20. The molecule has 1 aromatic rings. The van der Waals surface area contributed by atoms with Crippen molar-refractivity contribution in [2.45, 2.75) is 13.0 Å². The monoisotopic (exact) mass is 290 g/mol. The summed E-state index contributed by atoms with van der Waals surface area (Å²) in [5.41, 5.74) is -0.729. The van der Waals surface area contributed by atoms with Gasteiger partial charge in [0.15, 0.2) is 0 Å². The molecule has 3 nitrogen and oxygen atoms in total. The van der Waals surface area contributed by atoms with E-state index in [9.17, 15) is 26.7 Å². The van der Waals surface area contributed by atoms with Crippen LogP contribution in [-0.2, 0) is 0 Å². The third-order valence-electron chi connectivity index (χ3n) is 1.61. The predicted molar refractivity (Wildman–Crippen MR) is 49.9 cm³/mol. The predicted octanol–water partition coefficient (Wildman–Crippen LogP) is 3.57. The summed E-state index contributed by atoms with van der Waals surface area (Å²) in [7, 11) is 0. The highest BCUT2D eigenvalue weighted by Gasteiger charge is 2.33. The number of ether oxygens (including phenoxy) is 2. The van der Waals surface area contributed by atoms with Crippen LogP contribution in [0.5, 0.6) is 11.5 Å². The molecule has 18 heavy (non-hydrogen) atoms. The molecule has 0 heterocycles. The Kier molecular flexibility index (Phi) is 4.33. The molecule has 0 aliphatic heterocycles. The standard InChI is InChI=1S/C9H4ClF5O3/c10-7(16)5-3-4(17-8(11)12)1-2-6(5)18-9(13,14)15/h1-3,8H. The van der Waals surface area contributed by atoms with E-state index in [-0.39, 0.29) is 0 Å². The fourth-order valence-electron chi connectivity index (χ4n) is 1.05. The molecule has 1 aromatic carbocycles. The third-order valence-corrected chi connectivity index (χ3v) is 1.82. The molecule has 1 rings (SSSR count). The van der Waals surface area contributed by atoms with Gasteiger partial charge in [-0.15, -0.1) is 13.2 Å². The van der Waals surface area contributed by atoms with Crippen molar-refractivity contribution < 1.29 is 36.2 Å². The average molecular weight is 291 g/mol. The second-order valence-electron chi connectivity index (χ2n) is 2.86. The summed E-state index contributed by atoms with van der Waals surface area (Å²) in [6.07, 6.45) is -5.04. The van der Waals surface area contributed by atoms with Crippen molar-refractivity contribution in [2.24, 2.45) is 0 Å². The lowest BCUT2D eigenvalue weighted by molar-refractivity contribution is -0.274. The van der Waals surface area contributed by atoms with Gasteiger partial charge in [0, 0.05) is 0 Å². The molecule has 0 bridgehead atoms. The minimum Gasteiger partial charge on any atom is -0.435 e. The summed E-state index contributed by atoms with van der Waals surface area (Å²) in [5.74, 6) is -1.41. The van der Waals surface area contributed by atoms with E-state index in [0.717, 1.165) is 6.07 Å². The minimum atomic E-state index is -5.04. The molecular formula is C9H4ClF5O3. The van der Waals surface area contributed by atoms with Crippen molar-refractivity contribution in [1.82, 2.24) is 0 Å². The van der Waals surface area contributed by atoms with Gasteiger partial charge in [-0.05, 0) is 29.8 Å². The van der Waals surface area contributed by atoms with E-state index in [4.69, 9.17) is 11.6 Å². The van der Waals surface area contributed by atoms with Gasteiger partial charge in [-0.2, -0.15) is 8.78 Å². The number of alkyl halides is 5. The van der Waals surface area contributed by atoms with Gasteiger partial charge < -0.3 is 9.47 Å². The lowest BCUT2D eigenvalue weighted by Gasteiger charge is -2.12. The molecule has 9 heteroatoms. The number of halogens is 6. The summed E-state index contributed by atoms with van der Waals surface area (Å²) in [5, 5.41) is -1.30. The van der Waals surface area contributed by atoms with Crippen LogP contribution in [0.15, 0.2) is 18.2 Å². The lowest BCUT2D eigenvalue weighted by Crippen LogP contribution is -2.18. The average Bonchev–Trinajstić information content (AvgIpc) is 2.17. The molecule has 100 valence electrons. The first-order valence-electron chi connectivity index (χ1n) is 4.23. The Morgan fingerprint density at radius 2 is 1.89 bits per heavy atom. The molecular weight excluding hydrogens is 287 g/mol. The Labute approximate surface area is 102 Å². The Hall–Kier alpha value is -1.57. The number of hydrogen-bond donors (Lipinski definition) is 0. The van der Waals surface area contributed by atoms with Crippen LogP contribution in [0.2, 0.25) is 0 Å². The van der Waals surface area contributed by atoms with E-state index in [2.05, 4.69) is 9.47 Å². The molecule has 0 N–H and O–H groups in total. The van der Waals surface area contributed by atoms with E-state index in [1.165, 1.54) is 0 Å². The van der Waals surface area contributed by atoms with Crippen LogP contribution in [0.25, 0.3) is 0 Å². The first-order chi connectivity index (χ1) is 8.19. The Bertz CT molecular complexity index is 446.